The third-order valence-corrected chi connectivity index (χ3v) is 4.40. The predicted octanol–water partition coefficient (Wildman–Crippen LogP) is 3.95. The van der Waals surface area contributed by atoms with Crippen molar-refractivity contribution < 1.29 is 0 Å². The van der Waals surface area contributed by atoms with Crippen LogP contribution in [0.5, 0.6) is 0 Å². The lowest BCUT2D eigenvalue weighted by Crippen LogP contribution is -2.39. The molecule has 1 fully saturated rings. The van der Waals surface area contributed by atoms with Crippen LogP contribution in [0.1, 0.15) is 43.5 Å². The van der Waals surface area contributed by atoms with E-state index >= 15 is 0 Å². The van der Waals surface area contributed by atoms with E-state index in [9.17, 15) is 0 Å². The van der Waals surface area contributed by atoms with Gasteiger partial charge in [0.1, 0.15) is 0 Å². The van der Waals surface area contributed by atoms with Gasteiger partial charge in [0.15, 0.2) is 0 Å². The Kier molecular flexibility index (Phi) is 4.12. The molecule has 1 aromatic carbocycles. The van der Waals surface area contributed by atoms with E-state index in [0.717, 1.165) is 11.6 Å². The number of aromatic nitrogens is 1. The molecular formula is C18H22N2. The van der Waals surface area contributed by atoms with Crippen molar-refractivity contribution in [1.82, 2.24) is 10.3 Å². The van der Waals surface area contributed by atoms with E-state index in [-0.39, 0.29) is 6.04 Å². The molecule has 1 heterocycles. The number of benzene rings is 1. The van der Waals surface area contributed by atoms with E-state index in [4.69, 9.17) is 0 Å². The monoisotopic (exact) mass is 266 g/mol. The number of nitrogens with one attached hydrogen (secondary N) is 1. The Hall–Kier alpha value is -1.67. The number of rotatable bonds is 5. The maximum atomic E-state index is 4.55. The van der Waals surface area contributed by atoms with Gasteiger partial charge in [-0.25, -0.2) is 0 Å². The van der Waals surface area contributed by atoms with Crippen molar-refractivity contribution in [1.29, 1.82) is 0 Å². The number of hydrogen-bond acceptors (Lipinski definition) is 2. The van der Waals surface area contributed by atoms with Gasteiger partial charge in [-0.15, -0.1) is 0 Å². The van der Waals surface area contributed by atoms with E-state index in [1.807, 2.05) is 12.3 Å². The second-order valence-corrected chi connectivity index (χ2v) is 5.74. The summed E-state index contributed by atoms with van der Waals surface area (Å²) in [7, 11) is 0. The van der Waals surface area contributed by atoms with Crippen LogP contribution < -0.4 is 5.32 Å². The topological polar surface area (TPSA) is 24.9 Å². The van der Waals surface area contributed by atoms with Crippen molar-refractivity contribution in [2.45, 2.75) is 38.3 Å². The molecule has 2 aromatic rings. The number of nitrogens with zero attached hydrogens (tertiary/aromatic N) is 1. The molecule has 1 aliphatic carbocycles. The molecule has 1 aliphatic rings. The molecule has 2 atom stereocenters. The third-order valence-electron chi connectivity index (χ3n) is 4.40. The van der Waals surface area contributed by atoms with Crippen LogP contribution in [0, 0.1) is 5.92 Å². The molecule has 0 bridgehead atoms. The lowest BCUT2D eigenvalue weighted by molar-refractivity contribution is 0.232. The molecule has 2 unspecified atom stereocenters. The average Bonchev–Trinajstić information content (AvgIpc) is 2.45. The minimum absolute atomic E-state index is 0.188. The van der Waals surface area contributed by atoms with E-state index in [0.29, 0.717) is 6.04 Å². The minimum atomic E-state index is 0.188. The van der Waals surface area contributed by atoms with Crippen LogP contribution in [0.4, 0.5) is 0 Å². The van der Waals surface area contributed by atoms with Crippen molar-refractivity contribution in [2.75, 3.05) is 0 Å². The summed E-state index contributed by atoms with van der Waals surface area (Å²) < 4.78 is 0. The van der Waals surface area contributed by atoms with Gasteiger partial charge in [-0.05, 0) is 43.4 Å². The second-order valence-electron chi connectivity index (χ2n) is 5.74. The van der Waals surface area contributed by atoms with Gasteiger partial charge in [0.25, 0.3) is 0 Å². The molecular weight excluding hydrogens is 244 g/mol. The Balaban J connectivity index is 1.83. The van der Waals surface area contributed by atoms with Crippen molar-refractivity contribution >= 4 is 0 Å². The summed E-state index contributed by atoms with van der Waals surface area (Å²) in [5, 5.41) is 3.79. The highest BCUT2D eigenvalue weighted by atomic mass is 15.0. The van der Waals surface area contributed by atoms with Gasteiger partial charge in [0.2, 0.25) is 0 Å². The first-order chi connectivity index (χ1) is 9.84. The summed E-state index contributed by atoms with van der Waals surface area (Å²) in [5.41, 5.74) is 2.39. The quantitative estimate of drug-likeness (QED) is 0.886. The van der Waals surface area contributed by atoms with Gasteiger partial charge < -0.3 is 5.32 Å². The summed E-state index contributed by atoms with van der Waals surface area (Å²) in [6, 6.07) is 17.5. The van der Waals surface area contributed by atoms with Gasteiger partial charge in [-0.3, -0.25) is 4.98 Å². The first-order valence-corrected chi connectivity index (χ1v) is 7.56. The summed E-state index contributed by atoms with van der Waals surface area (Å²) >= 11 is 0. The first kappa shape index (κ1) is 13.3. The summed E-state index contributed by atoms with van der Waals surface area (Å²) in [6.45, 7) is 2.31. The van der Waals surface area contributed by atoms with Crippen LogP contribution >= 0.6 is 0 Å². The van der Waals surface area contributed by atoms with Gasteiger partial charge in [-0.2, -0.15) is 0 Å². The van der Waals surface area contributed by atoms with Gasteiger partial charge in [0, 0.05) is 12.2 Å². The fraction of sp³-hybridized carbons (Fsp3) is 0.389. The van der Waals surface area contributed by atoms with E-state index in [1.165, 1.54) is 24.8 Å². The van der Waals surface area contributed by atoms with Crippen LogP contribution in [0.15, 0.2) is 54.7 Å². The Morgan fingerprint density at radius 3 is 2.40 bits per heavy atom. The first-order valence-electron chi connectivity index (χ1n) is 7.56. The Bertz CT molecular complexity index is 480. The van der Waals surface area contributed by atoms with Crippen molar-refractivity contribution in [3.63, 3.8) is 0 Å². The molecule has 0 spiro atoms. The second kappa shape index (κ2) is 6.19. The molecule has 20 heavy (non-hydrogen) atoms. The zero-order chi connectivity index (χ0) is 13.8. The van der Waals surface area contributed by atoms with Crippen molar-refractivity contribution in [2.24, 2.45) is 5.92 Å². The normalized spacial score (nSPS) is 18.2. The summed E-state index contributed by atoms with van der Waals surface area (Å²) in [4.78, 5) is 4.55. The van der Waals surface area contributed by atoms with Crippen LogP contribution in [-0.2, 0) is 0 Å². The number of hydrogen-bond donors (Lipinski definition) is 1. The minimum Gasteiger partial charge on any atom is -0.302 e. The lowest BCUT2D eigenvalue weighted by Gasteiger charge is -2.34. The van der Waals surface area contributed by atoms with Crippen LogP contribution in [0.3, 0.4) is 0 Å². The zero-order valence-electron chi connectivity index (χ0n) is 12.0. The van der Waals surface area contributed by atoms with Crippen LogP contribution in [0.25, 0.3) is 0 Å². The average molecular weight is 266 g/mol. The maximum Gasteiger partial charge on any atom is 0.0753 e. The maximum absolute atomic E-state index is 4.55. The zero-order valence-corrected chi connectivity index (χ0v) is 12.0. The highest BCUT2D eigenvalue weighted by molar-refractivity contribution is 5.27. The molecule has 0 aliphatic heterocycles. The van der Waals surface area contributed by atoms with E-state index in [1.54, 1.807) is 0 Å². The van der Waals surface area contributed by atoms with Crippen LogP contribution in [0.2, 0.25) is 0 Å². The molecule has 3 rings (SSSR count). The highest BCUT2D eigenvalue weighted by Gasteiger charge is 2.27. The van der Waals surface area contributed by atoms with Crippen molar-refractivity contribution in [3.05, 3.63) is 66.0 Å². The molecule has 1 N–H and O–H groups in total. The summed E-state index contributed by atoms with van der Waals surface area (Å²) in [6.07, 6.45) is 5.98. The highest BCUT2D eigenvalue weighted by Crippen LogP contribution is 2.31. The SMILES string of the molecule is CC(NC(c1ccccc1)c1ccccn1)C1CCC1. The largest absolute Gasteiger partial charge is 0.302 e. The Labute approximate surface area is 121 Å². The van der Waals surface area contributed by atoms with Crippen LogP contribution in [-0.4, -0.2) is 11.0 Å². The Morgan fingerprint density at radius 2 is 1.80 bits per heavy atom. The lowest BCUT2D eigenvalue weighted by atomic mass is 9.80. The molecule has 1 aromatic heterocycles. The van der Waals surface area contributed by atoms with Gasteiger partial charge >= 0.3 is 0 Å². The molecule has 2 nitrogen and oxygen atoms in total. The fourth-order valence-corrected chi connectivity index (χ4v) is 2.88. The van der Waals surface area contributed by atoms with E-state index in [2.05, 4.69) is 59.7 Å². The molecule has 0 radical (unpaired) electrons. The fourth-order valence-electron chi connectivity index (χ4n) is 2.88. The predicted molar refractivity (Wildman–Crippen MR) is 82.5 cm³/mol. The molecule has 0 amide bonds. The molecule has 104 valence electrons. The molecule has 1 saturated carbocycles. The van der Waals surface area contributed by atoms with Gasteiger partial charge in [-0.1, -0.05) is 42.8 Å². The summed E-state index contributed by atoms with van der Waals surface area (Å²) in [5.74, 6) is 0.824. The number of pyridine rings is 1. The Morgan fingerprint density at radius 1 is 1.05 bits per heavy atom. The smallest absolute Gasteiger partial charge is 0.0753 e. The third kappa shape index (κ3) is 2.91. The van der Waals surface area contributed by atoms with E-state index < -0.39 is 0 Å². The van der Waals surface area contributed by atoms with Gasteiger partial charge in [0.05, 0.1) is 11.7 Å². The standard InChI is InChI=1S/C18H22N2/c1-14(15-10-7-11-15)20-18(16-8-3-2-4-9-16)17-12-5-6-13-19-17/h2-6,8-9,12-15,18,20H,7,10-11H2,1H3. The van der Waals surface area contributed by atoms with Crippen molar-refractivity contribution in [3.8, 4) is 0 Å². The molecule has 0 saturated heterocycles. The molecule has 2 heteroatoms.